The fraction of sp³-hybridized carbons (Fsp3) is 0.917. The molecular weight excluding hydrogens is 210 g/mol. The van der Waals surface area contributed by atoms with Gasteiger partial charge in [-0.3, -0.25) is 4.90 Å². The maximum atomic E-state index is 12.7. The number of hydrogen-bond donors (Lipinski definition) is 0. The van der Waals surface area contributed by atoms with E-state index in [2.05, 4.69) is 13.0 Å². The van der Waals surface area contributed by atoms with E-state index >= 15 is 0 Å². The van der Waals surface area contributed by atoms with Crippen molar-refractivity contribution in [2.75, 3.05) is 13.1 Å². The molecule has 1 aliphatic heterocycles. The predicted molar refractivity (Wildman–Crippen MR) is 57.1 cm³/mol. The summed E-state index contributed by atoms with van der Waals surface area (Å²) in [5, 5.41) is 8.73. The standard InChI is InChI=1S/C12H18F2N2/c1-11(6-7-15)4-2-10(3-5-11)16-8-12(13,14)9-16/h10H,2-6,8-9H2,1H3/t10-,11+. The molecule has 2 nitrogen and oxygen atoms in total. The molecule has 1 aliphatic carbocycles. The molecule has 0 aromatic carbocycles. The van der Waals surface area contributed by atoms with Gasteiger partial charge in [0.1, 0.15) is 0 Å². The van der Waals surface area contributed by atoms with Crippen LogP contribution in [0.3, 0.4) is 0 Å². The number of nitriles is 1. The first-order valence-electron chi connectivity index (χ1n) is 5.93. The largest absolute Gasteiger partial charge is 0.288 e. The van der Waals surface area contributed by atoms with Crippen molar-refractivity contribution >= 4 is 0 Å². The second-order valence-corrected chi connectivity index (χ2v) is 5.64. The van der Waals surface area contributed by atoms with Crippen LogP contribution in [0.1, 0.15) is 39.0 Å². The molecule has 0 aromatic rings. The van der Waals surface area contributed by atoms with Crippen molar-refractivity contribution in [1.82, 2.24) is 4.90 Å². The van der Waals surface area contributed by atoms with Gasteiger partial charge in [0, 0.05) is 12.5 Å². The van der Waals surface area contributed by atoms with E-state index in [9.17, 15) is 8.78 Å². The van der Waals surface area contributed by atoms with Gasteiger partial charge >= 0.3 is 0 Å². The van der Waals surface area contributed by atoms with Crippen LogP contribution in [-0.2, 0) is 0 Å². The number of nitrogens with zero attached hydrogens (tertiary/aromatic N) is 2. The van der Waals surface area contributed by atoms with Crippen molar-refractivity contribution in [2.45, 2.75) is 51.0 Å². The smallest absolute Gasteiger partial charge is 0.272 e. The van der Waals surface area contributed by atoms with Crippen LogP contribution >= 0.6 is 0 Å². The maximum Gasteiger partial charge on any atom is 0.272 e. The van der Waals surface area contributed by atoms with Crippen LogP contribution in [0, 0.1) is 16.7 Å². The fourth-order valence-electron chi connectivity index (χ4n) is 2.84. The van der Waals surface area contributed by atoms with E-state index in [-0.39, 0.29) is 18.5 Å². The van der Waals surface area contributed by atoms with Gasteiger partial charge in [0.25, 0.3) is 5.92 Å². The Morgan fingerprint density at radius 1 is 1.31 bits per heavy atom. The van der Waals surface area contributed by atoms with Crippen molar-refractivity contribution in [3.05, 3.63) is 0 Å². The number of rotatable bonds is 2. The lowest BCUT2D eigenvalue weighted by Crippen LogP contribution is -2.60. The summed E-state index contributed by atoms with van der Waals surface area (Å²) in [7, 11) is 0. The van der Waals surface area contributed by atoms with E-state index in [4.69, 9.17) is 5.26 Å². The van der Waals surface area contributed by atoms with E-state index in [0.717, 1.165) is 25.7 Å². The minimum absolute atomic E-state index is 0.0629. The Kier molecular flexibility index (Phi) is 2.91. The van der Waals surface area contributed by atoms with Crippen LogP contribution in [0.15, 0.2) is 0 Å². The molecule has 1 saturated carbocycles. The Morgan fingerprint density at radius 2 is 1.88 bits per heavy atom. The summed E-state index contributed by atoms with van der Waals surface area (Å²) in [6.07, 6.45) is 4.51. The number of hydrogen-bond acceptors (Lipinski definition) is 2. The zero-order valence-corrected chi connectivity index (χ0v) is 9.68. The van der Waals surface area contributed by atoms with Gasteiger partial charge < -0.3 is 0 Å². The molecule has 0 bridgehead atoms. The molecule has 0 spiro atoms. The molecule has 0 radical (unpaired) electrons. The van der Waals surface area contributed by atoms with E-state index in [0.29, 0.717) is 12.5 Å². The first kappa shape index (κ1) is 11.8. The van der Waals surface area contributed by atoms with Crippen LogP contribution in [0.4, 0.5) is 8.78 Å². The molecule has 90 valence electrons. The molecule has 16 heavy (non-hydrogen) atoms. The van der Waals surface area contributed by atoms with Gasteiger partial charge in [-0.1, -0.05) is 6.92 Å². The molecular formula is C12H18F2N2. The van der Waals surface area contributed by atoms with Crippen LogP contribution < -0.4 is 0 Å². The quantitative estimate of drug-likeness (QED) is 0.726. The summed E-state index contributed by atoms with van der Waals surface area (Å²) in [6, 6.07) is 2.55. The molecule has 0 amide bonds. The average molecular weight is 228 g/mol. The highest BCUT2D eigenvalue weighted by Gasteiger charge is 2.47. The second-order valence-electron chi connectivity index (χ2n) is 5.64. The molecule has 0 aromatic heterocycles. The van der Waals surface area contributed by atoms with Crippen molar-refractivity contribution in [3.8, 4) is 6.07 Å². The minimum atomic E-state index is -2.45. The topological polar surface area (TPSA) is 27.0 Å². The zero-order chi connectivity index (χ0) is 11.8. The molecule has 2 rings (SSSR count). The summed E-state index contributed by atoms with van der Waals surface area (Å²) in [4.78, 5) is 1.89. The molecule has 1 saturated heterocycles. The van der Waals surface area contributed by atoms with Crippen molar-refractivity contribution < 1.29 is 8.78 Å². The molecule has 2 fully saturated rings. The molecule has 0 unspecified atom stereocenters. The van der Waals surface area contributed by atoms with Gasteiger partial charge in [-0.2, -0.15) is 5.26 Å². The Balaban J connectivity index is 1.81. The average Bonchev–Trinajstić information content (AvgIpc) is 2.15. The monoisotopic (exact) mass is 228 g/mol. The Bertz CT molecular complexity index is 293. The van der Waals surface area contributed by atoms with E-state index < -0.39 is 5.92 Å². The Morgan fingerprint density at radius 3 is 2.31 bits per heavy atom. The SMILES string of the molecule is C[C@]1(CC#N)CC[C@@H](N2CC(F)(F)C2)CC1. The third-order valence-electron chi connectivity index (χ3n) is 4.05. The summed E-state index contributed by atoms with van der Waals surface area (Å²) in [5.41, 5.74) is 0.124. The van der Waals surface area contributed by atoms with Gasteiger partial charge in [-0.05, 0) is 31.1 Å². The number of alkyl halides is 2. The van der Waals surface area contributed by atoms with Crippen LogP contribution in [0.2, 0.25) is 0 Å². The first-order chi connectivity index (χ1) is 7.44. The van der Waals surface area contributed by atoms with Crippen molar-refractivity contribution in [2.24, 2.45) is 5.41 Å². The number of halogens is 2. The lowest BCUT2D eigenvalue weighted by Gasteiger charge is -2.47. The van der Waals surface area contributed by atoms with Crippen molar-refractivity contribution in [3.63, 3.8) is 0 Å². The van der Waals surface area contributed by atoms with Crippen LogP contribution in [0.25, 0.3) is 0 Å². The fourth-order valence-corrected chi connectivity index (χ4v) is 2.84. The summed E-state index contributed by atoms with van der Waals surface area (Å²) >= 11 is 0. The first-order valence-corrected chi connectivity index (χ1v) is 5.93. The van der Waals surface area contributed by atoms with Crippen LogP contribution in [-0.4, -0.2) is 30.0 Å². The molecule has 0 atom stereocenters. The highest BCUT2D eigenvalue weighted by Crippen LogP contribution is 2.42. The van der Waals surface area contributed by atoms with Gasteiger partial charge in [-0.25, -0.2) is 8.78 Å². The van der Waals surface area contributed by atoms with E-state index in [1.165, 1.54) is 0 Å². The predicted octanol–water partition coefficient (Wildman–Crippen LogP) is 2.80. The summed E-state index contributed by atoms with van der Waals surface area (Å²) < 4.78 is 25.5. The van der Waals surface area contributed by atoms with Gasteiger partial charge in [0.2, 0.25) is 0 Å². The summed E-state index contributed by atoms with van der Waals surface area (Å²) in [5.74, 6) is -2.45. The van der Waals surface area contributed by atoms with Crippen LogP contribution in [0.5, 0.6) is 0 Å². The summed E-state index contributed by atoms with van der Waals surface area (Å²) in [6.45, 7) is 2.01. The Hall–Kier alpha value is -0.690. The molecule has 0 N–H and O–H groups in total. The molecule has 2 aliphatic rings. The zero-order valence-electron chi connectivity index (χ0n) is 9.68. The maximum absolute atomic E-state index is 12.7. The third-order valence-corrected chi connectivity index (χ3v) is 4.05. The van der Waals surface area contributed by atoms with Gasteiger partial charge in [0.15, 0.2) is 0 Å². The van der Waals surface area contributed by atoms with Gasteiger partial charge in [0.05, 0.1) is 19.2 Å². The number of likely N-dealkylation sites (tertiary alicyclic amines) is 1. The van der Waals surface area contributed by atoms with E-state index in [1.54, 1.807) is 0 Å². The lowest BCUT2D eigenvalue weighted by molar-refractivity contribution is -0.152. The van der Waals surface area contributed by atoms with Crippen molar-refractivity contribution in [1.29, 1.82) is 5.26 Å². The minimum Gasteiger partial charge on any atom is -0.288 e. The Labute approximate surface area is 95.2 Å². The second kappa shape index (κ2) is 3.96. The van der Waals surface area contributed by atoms with E-state index in [1.807, 2.05) is 4.90 Å². The third kappa shape index (κ3) is 2.35. The highest BCUT2D eigenvalue weighted by atomic mass is 19.3. The van der Waals surface area contributed by atoms with Gasteiger partial charge in [-0.15, -0.1) is 0 Å². The molecule has 1 heterocycles. The normalized spacial score (nSPS) is 38.8. The lowest BCUT2D eigenvalue weighted by atomic mass is 9.71. The molecule has 4 heteroatoms. The highest BCUT2D eigenvalue weighted by molar-refractivity contribution is 4.96.